The van der Waals surface area contributed by atoms with Crippen LogP contribution in [0.25, 0.3) is 10.9 Å². The van der Waals surface area contributed by atoms with E-state index in [1.54, 1.807) is 0 Å². The van der Waals surface area contributed by atoms with Crippen molar-refractivity contribution in [3.05, 3.63) is 18.0 Å². The van der Waals surface area contributed by atoms with Crippen molar-refractivity contribution in [3.63, 3.8) is 0 Å². The highest BCUT2D eigenvalue weighted by atomic mass is 79.9. The third-order valence-corrected chi connectivity index (χ3v) is 4.13. The lowest BCUT2D eigenvalue weighted by atomic mass is 10.0. The molecule has 1 fully saturated rings. The number of rotatable bonds is 1. The van der Waals surface area contributed by atoms with Crippen LogP contribution in [-0.2, 0) is 0 Å². The van der Waals surface area contributed by atoms with Crippen molar-refractivity contribution in [3.8, 4) is 0 Å². The average Bonchev–Trinajstić information content (AvgIpc) is 2.87. The maximum atomic E-state index is 5.79. The van der Waals surface area contributed by atoms with Crippen molar-refractivity contribution < 1.29 is 0 Å². The molecule has 2 unspecified atom stereocenters. The summed E-state index contributed by atoms with van der Waals surface area (Å²) in [6.45, 7) is 0. The zero-order valence-electron chi connectivity index (χ0n) is 8.78. The van der Waals surface area contributed by atoms with Crippen molar-refractivity contribution in [2.45, 2.75) is 30.0 Å². The normalized spacial score (nSPS) is 25.3. The molecule has 2 atom stereocenters. The fourth-order valence-corrected chi connectivity index (χ4v) is 3.18. The van der Waals surface area contributed by atoms with Crippen molar-refractivity contribution in [1.29, 1.82) is 0 Å². The van der Waals surface area contributed by atoms with Crippen LogP contribution in [0.2, 0.25) is 0 Å². The monoisotopic (exact) mass is 280 g/mol. The first-order chi connectivity index (χ1) is 7.75. The van der Waals surface area contributed by atoms with Gasteiger partial charge in [0.2, 0.25) is 0 Å². The summed E-state index contributed by atoms with van der Waals surface area (Å²) < 4.78 is 0. The van der Waals surface area contributed by atoms with E-state index in [1.807, 2.05) is 12.3 Å². The molecule has 3 rings (SSSR count). The Morgan fingerprint density at radius 2 is 2.25 bits per heavy atom. The van der Waals surface area contributed by atoms with Gasteiger partial charge in [-0.05, 0) is 25.3 Å². The van der Waals surface area contributed by atoms with Gasteiger partial charge in [0, 0.05) is 22.3 Å². The molecule has 0 saturated heterocycles. The first kappa shape index (κ1) is 10.1. The van der Waals surface area contributed by atoms with E-state index in [9.17, 15) is 0 Å². The van der Waals surface area contributed by atoms with E-state index in [-0.39, 0.29) is 0 Å². The second-order valence-corrected chi connectivity index (χ2v) is 5.64. The molecule has 0 amide bonds. The van der Waals surface area contributed by atoms with Gasteiger partial charge in [-0.3, -0.25) is 0 Å². The van der Waals surface area contributed by atoms with Crippen LogP contribution >= 0.6 is 15.9 Å². The Kier molecular flexibility index (Phi) is 2.35. The first-order valence-electron chi connectivity index (χ1n) is 5.49. The Morgan fingerprint density at radius 3 is 3.00 bits per heavy atom. The van der Waals surface area contributed by atoms with Crippen LogP contribution in [0.1, 0.15) is 30.9 Å². The van der Waals surface area contributed by atoms with Gasteiger partial charge in [-0.1, -0.05) is 15.9 Å². The Labute approximate surface area is 102 Å². The fraction of sp³-hybridized carbons (Fsp3) is 0.455. The van der Waals surface area contributed by atoms with Crippen LogP contribution in [0.5, 0.6) is 0 Å². The highest BCUT2D eigenvalue weighted by molar-refractivity contribution is 9.09. The molecule has 5 heteroatoms. The molecule has 0 aliphatic heterocycles. The highest BCUT2D eigenvalue weighted by Gasteiger charge is 2.27. The smallest absolute Gasteiger partial charge is 0.155 e. The van der Waals surface area contributed by atoms with E-state index in [0.29, 0.717) is 16.6 Å². The van der Waals surface area contributed by atoms with Gasteiger partial charge in [0.15, 0.2) is 5.82 Å². The molecule has 0 aromatic carbocycles. The van der Waals surface area contributed by atoms with E-state index in [4.69, 9.17) is 5.73 Å². The molecule has 2 heterocycles. The largest absolute Gasteiger partial charge is 0.382 e. The number of hydrogen-bond donors (Lipinski definition) is 2. The summed E-state index contributed by atoms with van der Waals surface area (Å²) in [6.07, 6.45) is 5.41. The molecular formula is C11H13BrN4. The number of nitrogens with zero attached hydrogens (tertiary/aromatic N) is 2. The summed E-state index contributed by atoms with van der Waals surface area (Å²) in [5.74, 6) is 1.01. The number of fused-ring (bicyclic) bond motifs is 1. The van der Waals surface area contributed by atoms with Gasteiger partial charge in [0.1, 0.15) is 0 Å². The topological polar surface area (TPSA) is 67.6 Å². The molecule has 2 aromatic rings. The van der Waals surface area contributed by atoms with Gasteiger partial charge in [0.05, 0.1) is 11.2 Å². The van der Waals surface area contributed by atoms with Gasteiger partial charge in [-0.15, -0.1) is 5.10 Å². The van der Waals surface area contributed by atoms with Gasteiger partial charge >= 0.3 is 0 Å². The summed E-state index contributed by atoms with van der Waals surface area (Å²) >= 11 is 3.66. The zero-order chi connectivity index (χ0) is 11.1. The van der Waals surface area contributed by atoms with E-state index >= 15 is 0 Å². The van der Waals surface area contributed by atoms with E-state index in [0.717, 1.165) is 23.0 Å². The number of hydrogen-bond acceptors (Lipinski definition) is 3. The summed E-state index contributed by atoms with van der Waals surface area (Å²) in [4.78, 5) is 3.84. The third-order valence-electron chi connectivity index (χ3n) is 3.30. The lowest BCUT2D eigenvalue weighted by Crippen LogP contribution is -2.03. The highest BCUT2D eigenvalue weighted by Crippen LogP contribution is 2.39. The van der Waals surface area contributed by atoms with Crippen molar-refractivity contribution in [2.75, 3.05) is 5.73 Å². The van der Waals surface area contributed by atoms with Crippen LogP contribution in [0.15, 0.2) is 12.3 Å². The van der Waals surface area contributed by atoms with Crippen molar-refractivity contribution >= 4 is 32.7 Å². The fourth-order valence-electron chi connectivity index (χ4n) is 2.47. The Morgan fingerprint density at radius 1 is 1.38 bits per heavy atom. The maximum absolute atomic E-state index is 5.79. The molecule has 16 heavy (non-hydrogen) atoms. The number of aromatic nitrogens is 3. The summed E-state index contributed by atoms with van der Waals surface area (Å²) in [7, 11) is 0. The van der Waals surface area contributed by atoms with Crippen LogP contribution in [0, 0.1) is 0 Å². The molecule has 0 spiro atoms. The number of nitrogens with one attached hydrogen (secondary N) is 1. The summed E-state index contributed by atoms with van der Waals surface area (Å²) in [5.41, 5.74) is 7.91. The Bertz CT molecular complexity index is 522. The van der Waals surface area contributed by atoms with E-state index < -0.39 is 0 Å². The number of nitrogen functional groups attached to an aromatic ring is 1. The predicted molar refractivity (Wildman–Crippen MR) is 67.6 cm³/mol. The maximum Gasteiger partial charge on any atom is 0.155 e. The van der Waals surface area contributed by atoms with E-state index in [2.05, 4.69) is 31.1 Å². The number of H-pyrrole nitrogens is 1. The Balaban J connectivity index is 2.10. The minimum atomic E-state index is 0.499. The van der Waals surface area contributed by atoms with Crippen LogP contribution in [0.4, 0.5) is 5.82 Å². The SMILES string of the molecule is Nc1nnc(C2CCC(Br)C2)c2[nH]ccc12. The van der Waals surface area contributed by atoms with Crippen LogP contribution < -0.4 is 5.73 Å². The molecule has 84 valence electrons. The van der Waals surface area contributed by atoms with Gasteiger partial charge in [-0.25, -0.2) is 0 Å². The molecule has 3 N–H and O–H groups in total. The van der Waals surface area contributed by atoms with E-state index in [1.165, 1.54) is 12.8 Å². The second-order valence-electron chi connectivity index (χ2n) is 4.34. The number of alkyl halides is 1. The van der Waals surface area contributed by atoms with Gasteiger partial charge in [0.25, 0.3) is 0 Å². The number of nitrogens with two attached hydrogens (primary N) is 1. The summed E-state index contributed by atoms with van der Waals surface area (Å²) in [6, 6.07) is 1.96. The average molecular weight is 281 g/mol. The van der Waals surface area contributed by atoms with Gasteiger partial charge in [-0.2, -0.15) is 5.10 Å². The zero-order valence-corrected chi connectivity index (χ0v) is 10.4. The summed E-state index contributed by atoms with van der Waals surface area (Å²) in [5, 5.41) is 9.30. The molecule has 0 radical (unpaired) electrons. The number of halogens is 1. The molecule has 0 bridgehead atoms. The molecule has 1 aliphatic rings. The molecule has 1 aliphatic carbocycles. The predicted octanol–water partition coefficient (Wildman–Crippen LogP) is 2.57. The molecule has 1 saturated carbocycles. The minimum Gasteiger partial charge on any atom is -0.382 e. The minimum absolute atomic E-state index is 0.499. The second kappa shape index (κ2) is 3.73. The molecule has 2 aromatic heterocycles. The standard InChI is InChI=1S/C11H13BrN4/c12-7-2-1-6(5-7)9-10-8(3-4-14-10)11(13)16-15-9/h3-4,6-7,14H,1-2,5H2,(H2,13,16). The lowest BCUT2D eigenvalue weighted by molar-refractivity contribution is 0.690. The quantitative estimate of drug-likeness (QED) is 0.789. The van der Waals surface area contributed by atoms with Crippen LogP contribution in [0.3, 0.4) is 0 Å². The number of anilines is 1. The third kappa shape index (κ3) is 1.50. The van der Waals surface area contributed by atoms with Crippen molar-refractivity contribution in [1.82, 2.24) is 15.2 Å². The van der Waals surface area contributed by atoms with Crippen molar-refractivity contribution in [2.24, 2.45) is 0 Å². The molecular weight excluding hydrogens is 268 g/mol. The first-order valence-corrected chi connectivity index (χ1v) is 6.40. The van der Waals surface area contributed by atoms with Gasteiger partial charge < -0.3 is 10.7 Å². The molecule has 4 nitrogen and oxygen atoms in total. The lowest BCUT2D eigenvalue weighted by Gasteiger charge is -2.09. The Hall–Kier alpha value is -1.10. The number of aromatic amines is 1. The van der Waals surface area contributed by atoms with Crippen LogP contribution in [-0.4, -0.2) is 20.0 Å².